The molecule has 6 heteroatoms. The minimum atomic E-state index is 0. The number of hydrogen-bond acceptors (Lipinski definition) is 3. The second-order valence-electron chi connectivity index (χ2n) is 5.07. The largest absolute Gasteiger partial charge is 0.359 e. The number of hydrogen-bond donors (Lipinski definition) is 2. The summed E-state index contributed by atoms with van der Waals surface area (Å²) >= 11 is 0. The Morgan fingerprint density at radius 2 is 2.00 bits per heavy atom. The van der Waals surface area contributed by atoms with E-state index in [1.54, 1.807) is 7.05 Å². The number of guanidine groups is 1. The van der Waals surface area contributed by atoms with Crippen LogP contribution >= 0.6 is 24.0 Å². The van der Waals surface area contributed by atoms with Crippen LogP contribution < -0.4 is 10.6 Å². The molecule has 1 aromatic rings. The zero-order chi connectivity index (χ0) is 13.5. The molecule has 0 aromatic carbocycles. The van der Waals surface area contributed by atoms with Gasteiger partial charge in [-0.1, -0.05) is 32.9 Å². The van der Waals surface area contributed by atoms with Crippen molar-refractivity contribution in [3.63, 3.8) is 0 Å². The van der Waals surface area contributed by atoms with Gasteiger partial charge in [-0.2, -0.15) is 0 Å². The summed E-state index contributed by atoms with van der Waals surface area (Å²) in [6.45, 7) is 10.00. The van der Waals surface area contributed by atoms with Crippen LogP contribution in [0.3, 0.4) is 0 Å². The quantitative estimate of drug-likeness (QED) is 0.469. The highest BCUT2D eigenvalue weighted by molar-refractivity contribution is 14.0. The Bertz CT molecular complexity index is 388. The zero-order valence-corrected chi connectivity index (χ0v) is 14.7. The van der Waals surface area contributed by atoms with Gasteiger partial charge in [0.05, 0.1) is 12.2 Å². The fourth-order valence-corrected chi connectivity index (χ4v) is 1.38. The number of halogens is 1. The second-order valence-corrected chi connectivity index (χ2v) is 5.07. The fourth-order valence-electron chi connectivity index (χ4n) is 1.38. The third-order valence-electron chi connectivity index (χ3n) is 2.50. The Morgan fingerprint density at radius 1 is 1.32 bits per heavy atom. The molecule has 110 valence electrons. The van der Waals surface area contributed by atoms with E-state index in [-0.39, 0.29) is 24.0 Å². The first-order valence-corrected chi connectivity index (χ1v) is 6.43. The van der Waals surface area contributed by atoms with Crippen LogP contribution in [0.1, 0.15) is 45.1 Å². The molecule has 5 nitrogen and oxygen atoms in total. The highest BCUT2D eigenvalue weighted by atomic mass is 127. The molecular weight excluding hydrogens is 355 g/mol. The van der Waals surface area contributed by atoms with Gasteiger partial charge >= 0.3 is 0 Å². The number of nitrogens with one attached hydrogen (secondary N) is 2. The van der Waals surface area contributed by atoms with E-state index >= 15 is 0 Å². The third-order valence-corrected chi connectivity index (χ3v) is 2.50. The molecule has 1 rings (SSSR count). The Balaban J connectivity index is 0.00000324. The molecule has 0 amide bonds. The number of nitrogens with zero attached hydrogens (tertiary/aromatic N) is 2. The predicted molar refractivity (Wildman–Crippen MR) is 89.0 cm³/mol. The van der Waals surface area contributed by atoms with Crippen molar-refractivity contribution in [1.82, 2.24) is 15.8 Å². The van der Waals surface area contributed by atoms with Gasteiger partial charge in [0.1, 0.15) is 0 Å². The fraction of sp³-hybridized carbons (Fsp3) is 0.692. The van der Waals surface area contributed by atoms with Gasteiger partial charge in [0.2, 0.25) is 0 Å². The van der Waals surface area contributed by atoms with Gasteiger partial charge in [-0.3, -0.25) is 4.99 Å². The average molecular weight is 380 g/mol. The van der Waals surface area contributed by atoms with E-state index in [1.807, 2.05) is 6.07 Å². The molecule has 1 heterocycles. The Morgan fingerprint density at radius 3 is 2.47 bits per heavy atom. The van der Waals surface area contributed by atoms with Crippen LogP contribution in [0.5, 0.6) is 0 Å². The molecule has 0 saturated carbocycles. The molecule has 0 unspecified atom stereocenters. The topological polar surface area (TPSA) is 62.5 Å². The maximum absolute atomic E-state index is 5.25. The highest BCUT2D eigenvalue weighted by Gasteiger charge is 2.08. The van der Waals surface area contributed by atoms with Gasteiger partial charge in [-0.05, 0) is 11.8 Å². The average Bonchev–Trinajstić information content (AvgIpc) is 2.78. The number of rotatable bonds is 5. The number of aliphatic imine (C=N–C) groups is 1. The van der Waals surface area contributed by atoms with E-state index in [4.69, 9.17) is 4.52 Å². The van der Waals surface area contributed by atoms with E-state index in [2.05, 4.69) is 48.5 Å². The smallest absolute Gasteiger partial charge is 0.191 e. The summed E-state index contributed by atoms with van der Waals surface area (Å²) in [5, 5.41) is 10.5. The Hall–Kier alpha value is -0.790. The molecule has 0 bridgehead atoms. The summed E-state index contributed by atoms with van der Waals surface area (Å²) in [6.07, 6.45) is 0. The lowest BCUT2D eigenvalue weighted by atomic mass is 10.1. The predicted octanol–water partition coefficient (Wildman–Crippen LogP) is 2.74. The summed E-state index contributed by atoms with van der Waals surface area (Å²) < 4.78 is 5.25. The summed E-state index contributed by atoms with van der Waals surface area (Å²) in [4.78, 5) is 4.15. The van der Waals surface area contributed by atoms with Crippen LogP contribution in [0.25, 0.3) is 0 Å². The normalized spacial score (nSPS) is 11.6. The third kappa shape index (κ3) is 6.79. The minimum Gasteiger partial charge on any atom is -0.359 e. The van der Waals surface area contributed by atoms with E-state index in [9.17, 15) is 0 Å². The SMILES string of the molecule is CN=C(NCc1cc(C(C)C)no1)NCC(C)C.I. The van der Waals surface area contributed by atoms with Gasteiger partial charge in [-0.25, -0.2) is 0 Å². The van der Waals surface area contributed by atoms with Gasteiger partial charge < -0.3 is 15.2 Å². The lowest BCUT2D eigenvalue weighted by Gasteiger charge is -2.12. The Labute approximate surface area is 132 Å². The van der Waals surface area contributed by atoms with Crippen molar-refractivity contribution in [1.29, 1.82) is 0 Å². The van der Waals surface area contributed by atoms with E-state index in [0.717, 1.165) is 24.0 Å². The van der Waals surface area contributed by atoms with Crippen molar-refractivity contribution in [3.8, 4) is 0 Å². The molecule has 0 fully saturated rings. The second kappa shape index (κ2) is 9.17. The lowest BCUT2D eigenvalue weighted by Crippen LogP contribution is -2.38. The van der Waals surface area contributed by atoms with Crippen molar-refractivity contribution in [2.45, 2.75) is 40.2 Å². The maximum Gasteiger partial charge on any atom is 0.191 e. The van der Waals surface area contributed by atoms with Gasteiger partial charge in [-0.15, -0.1) is 24.0 Å². The molecule has 0 aliphatic rings. The standard InChI is InChI=1S/C13H24N4O.HI/c1-9(2)7-15-13(14-5)16-8-11-6-12(10(3)4)17-18-11;/h6,9-10H,7-8H2,1-5H3,(H2,14,15,16);1H. The number of aromatic nitrogens is 1. The molecule has 0 radical (unpaired) electrons. The lowest BCUT2D eigenvalue weighted by molar-refractivity contribution is 0.372. The van der Waals surface area contributed by atoms with Crippen molar-refractivity contribution in [2.75, 3.05) is 13.6 Å². The van der Waals surface area contributed by atoms with Crippen LogP contribution in [0.15, 0.2) is 15.6 Å². The molecule has 0 atom stereocenters. The molecule has 0 aliphatic carbocycles. The van der Waals surface area contributed by atoms with Crippen molar-refractivity contribution in [3.05, 3.63) is 17.5 Å². The molecule has 0 spiro atoms. The van der Waals surface area contributed by atoms with E-state index < -0.39 is 0 Å². The summed E-state index contributed by atoms with van der Waals surface area (Å²) in [7, 11) is 1.76. The first kappa shape index (κ1) is 18.2. The van der Waals surface area contributed by atoms with Crippen LogP contribution in [0.4, 0.5) is 0 Å². The summed E-state index contributed by atoms with van der Waals surface area (Å²) in [6, 6.07) is 1.98. The molecule has 2 N–H and O–H groups in total. The minimum absolute atomic E-state index is 0. The van der Waals surface area contributed by atoms with Crippen LogP contribution in [-0.2, 0) is 6.54 Å². The monoisotopic (exact) mass is 380 g/mol. The van der Waals surface area contributed by atoms with E-state index in [0.29, 0.717) is 18.4 Å². The first-order valence-electron chi connectivity index (χ1n) is 6.43. The summed E-state index contributed by atoms with van der Waals surface area (Å²) in [5.41, 5.74) is 0.983. The van der Waals surface area contributed by atoms with Crippen molar-refractivity contribution in [2.24, 2.45) is 10.9 Å². The summed E-state index contributed by atoms with van der Waals surface area (Å²) in [5.74, 6) is 2.58. The van der Waals surface area contributed by atoms with E-state index in [1.165, 1.54) is 0 Å². The van der Waals surface area contributed by atoms with Crippen molar-refractivity contribution >= 4 is 29.9 Å². The zero-order valence-electron chi connectivity index (χ0n) is 12.4. The van der Waals surface area contributed by atoms with Crippen LogP contribution in [0, 0.1) is 5.92 Å². The molecular formula is C13H25IN4O. The molecule has 1 aromatic heterocycles. The molecule has 19 heavy (non-hydrogen) atoms. The van der Waals surface area contributed by atoms with Gasteiger partial charge in [0.15, 0.2) is 11.7 Å². The van der Waals surface area contributed by atoms with Gasteiger partial charge in [0.25, 0.3) is 0 Å². The van der Waals surface area contributed by atoms with Gasteiger partial charge in [0, 0.05) is 19.7 Å². The molecule has 0 saturated heterocycles. The maximum atomic E-state index is 5.25. The van der Waals surface area contributed by atoms with Crippen molar-refractivity contribution < 1.29 is 4.52 Å². The molecule has 0 aliphatic heterocycles. The Kier molecular flexibility index (Phi) is 8.79. The van der Waals surface area contributed by atoms with Crippen LogP contribution in [0.2, 0.25) is 0 Å². The highest BCUT2D eigenvalue weighted by Crippen LogP contribution is 2.13. The first-order chi connectivity index (χ1) is 8.52. The van der Waals surface area contributed by atoms with Crippen LogP contribution in [-0.4, -0.2) is 24.7 Å².